The molecular formula is C10H12N4O2S. The number of anilines is 1. The van der Waals surface area contributed by atoms with E-state index in [-0.39, 0.29) is 17.9 Å². The van der Waals surface area contributed by atoms with Gasteiger partial charge in [0.2, 0.25) is 5.95 Å². The van der Waals surface area contributed by atoms with Gasteiger partial charge >= 0.3 is 6.01 Å². The van der Waals surface area contributed by atoms with Crippen LogP contribution in [0.5, 0.6) is 6.01 Å². The van der Waals surface area contributed by atoms with Gasteiger partial charge in [-0.05, 0) is 26.0 Å². The summed E-state index contributed by atoms with van der Waals surface area (Å²) in [5.41, 5.74) is 0. The summed E-state index contributed by atoms with van der Waals surface area (Å²) in [5.74, 6) is 0.0757. The molecule has 1 amide bonds. The molecule has 0 fully saturated rings. The number of hydrogen-bond acceptors (Lipinski definition) is 5. The van der Waals surface area contributed by atoms with Gasteiger partial charge in [0.05, 0.1) is 11.5 Å². The lowest BCUT2D eigenvalue weighted by atomic mass is 10.4. The summed E-state index contributed by atoms with van der Waals surface area (Å²) in [4.78, 5) is 17.4. The maximum absolute atomic E-state index is 11.8. The molecule has 0 unspecified atom stereocenters. The van der Waals surface area contributed by atoms with Gasteiger partial charge < -0.3 is 4.74 Å². The first-order chi connectivity index (χ1) is 8.19. The Kier molecular flexibility index (Phi) is 3.38. The summed E-state index contributed by atoms with van der Waals surface area (Å²) in [7, 11) is 0. The number of nitrogens with one attached hydrogen (secondary N) is 2. The van der Waals surface area contributed by atoms with E-state index in [1.807, 2.05) is 19.9 Å². The van der Waals surface area contributed by atoms with Gasteiger partial charge in [-0.15, -0.1) is 16.4 Å². The Morgan fingerprint density at radius 1 is 1.59 bits per heavy atom. The van der Waals surface area contributed by atoms with Gasteiger partial charge in [-0.25, -0.2) is 5.10 Å². The summed E-state index contributed by atoms with van der Waals surface area (Å²) in [6.07, 6.45) is 0. The minimum Gasteiger partial charge on any atom is -0.463 e. The molecule has 0 bridgehead atoms. The first-order valence-corrected chi connectivity index (χ1v) is 5.93. The third-order valence-corrected chi connectivity index (χ3v) is 2.93. The maximum atomic E-state index is 11.8. The zero-order chi connectivity index (χ0) is 12.3. The van der Waals surface area contributed by atoms with E-state index in [0.29, 0.717) is 11.5 Å². The zero-order valence-corrected chi connectivity index (χ0v) is 10.3. The average molecular weight is 252 g/mol. The Balaban J connectivity index is 2.02. The van der Waals surface area contributed by atoms with Gasteiger partial charge in [-0.1, -0.05) is 0 Å². The molecule has 0 saturated heterocycles. The molecule has 0 atom stereocenters. The number of hydrogen-bond donors (Lipinski definition) is 2. The molecule has 0 aliphatic heterocycles. The molecule has 0 spiro atoms. The van der Waals surface area contributed by atoms with Crippen LogP contribution in [-0.4, -0.2) is 27.7 Å². The Bertz CT molecular complexity index is 520. The number of carbonyl (C=O) groups excluding carboxylic acids is 1. The molecule has 2 aromatic heterocycles. The number of aryl methyl sites for hydroxylation is 1. The van der Waals surface area contributed by atoms with Crippen LogP contribution in [0.2, 0.25) is 0 Å². The van der Waals surface area contributed by atoms with Crippen molar-refractivity contribution in [3.8, 4) is 6.01 Å². The SMILES string of the molecule is CCOc1n[nH]c(NC(=O)c2ccc(C)s2)n1. The summed E-state index contributed by atoms with van der Waals surface area (Å²) < 4.78 is 5.08. The summed E-state index contributed by atoms with van der Waals surface area (Å²) in [6.45, 7) is 4.27. The van der Waals surface area contributed by atoms with Crippen LogP contribution in [0.4, 0.5) is 5.95 Å². The van der Waals surface area contributed by atoms with Crippen LogP contribution in [0.15, 0.2) is 12.1 Å². The second kappa shape index (κ2) is 4.96. The molecule has 90 valence electrons. The number of carbonyl (C=O) groups is 1. The zero-order valence-electron chi connectivity index (χ0n) is 9.48. The molecule has 2 N–H and O–H groups in total. The molecule has 2 rings (SSSR count). The molecule has 17 heavy (non-hydrogen) atoms. The quantitative estimate of drug-likeness (QED) is 0.869. The third kappa shape index (κ3) is 2.82. The van der Waals surface area contributed by atoms with Gasteiger partial charge in [0.25, 0.3) is 5.91 Å². The second-order valence-corrected chi connectivity index (χ2v) is 4.55. The molecule has 2 heterocycles. The fourth-order valence-corrected chi connectivity index (χ4v) is 1.98. The number of rotatable bonds is 4. The summed E-state index contributed by atoms with van der Waals surface area (Å²) in [5, 5.41) is 8.99. The normalized spacial score (nSPS) is 10.2. The summed E-state index contributed by atoms with van der Waals surface area (Å²) in [6, 6.07) is 3.89. The van der Waals surface area contributed by atoms with Crippen molar-refractivity contribution in [1.29, 1.82) is 0 Å². The number of nitrogens with zero attached hydrogens (tertiary/aromatic N) is 2. The van der Waals surface area contributed by atoms with E-state index in [1.165, 1.54) is 11.3 Å². The molecule has 7 heteroatoms. The number of aromatic nitrogens is 3. The van der Waals surface area contributed by atoms with Crippen LogP contribution < -0.4 is 10.1 Å². The second-order valence-electron chi connectivity index (χ2n) is 3.26. The average Bonchev–Trinajstić information content (AvgIpc) is 2.88. The van der Waals surface area contributed by atoms with Crippen molar-refractivity contribution in [3.63, 3.8) is 0 Å². The Morgan fingerprint density at radius 3 is 3.06 bits per heavy atom. The van der Waals surface area contributed by atoms with E-state index in [1.54, 1.807) is 6.07 Å². The van der Waals surface area contributed by atoms with Crippen molar-refractivity contribution in [3.05, 3.63) is 21.9 Å². The van der Waals surface area contributed by atoms with Crippen LogP contribution in [0.25, 0.3) is 0 Å². The number of H-pyrrole nitrogens is 1. The van der Waals surface area contributed by atoms with Crippen molar-refractivity contribution >= 4 is 23.2 Å². The van der Waals surface area contributed by atoms with E-state index in [0.717, 1.165) is 4.88 Å². The number of aromatic amines is 1. The standard InChI is InChI=1S/C10H12N4O2S/c1-3-16-10-12-9(13-14-10)11-8(15)7-5-4-6(2)17-7/h4-5H,3H2,1-2H3,(H2,11,12,13,14,15). The van der Waals surface area contributed by atoms with E-state index in [2.05, 4.69) is 20.5 Å². The van der Waals surface area contributed by atoms with E-state index < -0.39 is 0 Å². The summed E-state index contributed by atoms with van der Waals surface area (Å²) >= 11 is 1.43. The molecule has 0 radical (unpaired) electrons. The van der Waals surface area contributed by atoms with Gasteiger partial charge in [0, 0.05) is 4.88 Å². The van der Waals surface area contributed by atoms with Crippen molar-refractivity contribution < 1.29 is 9.53 Å². The molecule has 0 saturated carbocycles. The largest absolute Gasteiger partial charge is 0.463 e. The highest BCUT2D eigenvalue weighted by molar-refractivity contribution is 7.14. The van der Waals surface area contributed by atoms with Crippen molar-refractivity contribution in [2.24, 2.45) is 0 Å². The van der Waals surface area contributed by atoms with Crippen LogP contribution >= 0.6 is 11.3 Å². The number of amides is 1. The maximum Gasteiger partial charge on any atom is 0.337 e. The van der Waals surface area contributed by atoms with E-state index in [9.17, 15) is 4.79 Å². The van der Waals surface area contributed by atoms with Crippen molar-refractivity contribution in [2.75, 3.05) is 11.9 Å². The van der Waals surface area contributed by atoms with Gasteiger partial charge in [-0.2, -0.15) is 4.98 Å². The molecule has 0 aliphatic rings. The van der Waals surface area contributed by atoms with Crippen LogP contribution in [0, 0.1) is 6.92 Å². The molecule has 0 aromatic carbocycles. The molecular weight excluding hydrogens is 240 g/mol. The van der Waals surface area contributed by atoms with E-state index in [4.69, 9.17) is 4.74 Å². The topological polar surface area (TPSA) is 79.9 Å². The third-order valence-electron chi connectivity index (χ3n) is 1.93. The minimum absolute atomic E-state index is 0.206. The monoisotopic (exact) mass is 252 g/mol. The van der Waals surface area contributed by atoms with Crippen LogP contribution in [0.3, 0.4) is 0 Å². The van der Waals surface area contributed by atoms with E-state index >= 15 is 0 Å². The molecule has 0 aliphatic carbocycles. The predicted molar refractivity (Wildman–Crippen MR) is 64.6 cm³/mol. The first-order valence-electron chi connectivity index (χ1n) is 5.12. The highest BCUT2D eigenvalue weighted by atomic mass is 32.1. The van der Waals surface area contributed by atoms with Gasteiger partial charge in [0.1, 0.15) is 0 Å². The minimum atomic E-state index is -0.206. The fraction of sp³-hybridized carbons (Fsp3) is 0.300. The van der Waals surface area contributed by atoms with Crippen LogP contribution in [0.1, 0.15) is 21.5 Å². The molecule has 6 nitrogen and oxygen atoms in total. The highest BCUT2D eigenvalue weighted by Crippen LogP contribution is 2.16. The predicted octanol–water partition coefficient (Wildman–Crippen LogP) is 1.83. The van der Waals surface area contributed by atoms with Crippen LogP contribution in [-0.2, 0) is 0 Å². The van der Waals surface area contributed by atoms with Crippen molar-refractivity contribution in [1.82, 2.24) is 15.2 Å². The smallest absolute Gasteiger partial charge is 0.337 e. The Hall–Kier alpha value is -1.89. The first kappa shape index (κ1) is 11.6. The lowest BCUT2D eigenvalue weighted by Crippen LogP contribution is -2.11. The van der Waals surface area contributed by atoms with Gasteiger partial charge in [0.15, 0.2) is 0 Å². The lowest BCUT2D eigenvalue weighted by molar-refractivity contribution is 0.102. The highest BCUT2D eigenvalue weighted by Gasteiger charge is 2.11. The fourth-order valence-electron chi connectivity index (χ4n) is 1.22. The molecule has 2 aromatic rings. The Labute approximate surface area is 102 Å². The number of thiophene rings is 1. The van der Waals surface area contributed by atoms with Gasteiger partial charge in [-0.3, -0.25) is 10.1 Å². The number of ether oxygens (including phenoxy) is 1. The Morgan fingerprint density at radius 2 is 2.41 bits per heavy atom. The van der Waals surface area contributed by atoms with Crippen molar-refractivity contribution in [2.45, 2.75) is 13.8 Å². The lowest BCUT2D eigenvalue weighted by Gasteiger charge is -1.97.